The summed E-state index contributed by atoms with van der Waals surface area (Å²) in [6.07, 6.45) is 1.33. The fourth-order valence-electron chi connectivity index (χ4n) is 2.42. The van der Waals surface area contributed by atoms with Crippen LogP contribution in [0.15, 0.2) is 30.5 Å². The molecule has 9 heteroatoms. The van der Waals surface area contributed by atoms with Gasteiger partial charge in [-0.05, 0) is 31.2 Å². The lowest BCUT2D eigenvalue weighted by Crippen LogP contribution is -2.08. The van der Waals surface area contributed by atoms with Crippen LogP contribution >= 0.6 is 11.3 Å². The van der Waals surface area contributed by atoms with Crippen LogP contribution in [-0.2, 0) is 20.9 Å². The van der Waals surface area contributed by atoms with Crippen LogP contribution in [0.5, 0.6) is 5.75 Å². The van der Waals surface area contributed by atoms with Gasteiger partial charge in [-0.25, -0.2) is 14.3 Å². The minimum Gasteiger partial charge on any atom is -0.503 e. The van der Waals surface area contributed by atoms with Gasteiger partial charge in [0, 0.05) is 0 Å². The summed E-state index contributed by atoms with van der Waals surface area (Å²) in [5.41, 5.74) is 1.45. The molecule has 0 bridgehead atoms. The predicted molar refractivity (Wildman–Crippen MR) is 98.1 cm³/mol. The van der Waals surface area contributed by atoms with Crippen molar-refractivity contribution in [2.24, 2.45) is 0 Å². The Morgan fingerprint density at radius 3 is 2.70 bits per heavy atom. The van der Waals surface area contributed by atoms with Crippen molar-refractivity contribution >= 4 is 27.8 Å². The second-order valence-electron chi connectivity index (χ2n) is 5.41. The SMILES string of the molecule is COC=C(C(=O)OC)c1sc2nc(C)nn2c1COc1ccc(C#N)cc1. The summed E-state index contributed by atoms with van der Waals surface area (Å²) in [4.78, 5) is 17.8. The third kappa shape index (κ3) is 3.75. The first-order chi connectivity index (χ1) is 13.1. The fourth-order valence-corrected chi connectivity index (χ4v) is 3.52. The molecule has 27 heavy (non-hydrogen) atoms. The summed E-state index contributed by atoms with van der Waals surface area (Å²) < 4.78 is 17.4. The first kappa shape index (κ1) is 18.4. The second-order valence-corrected chi connectivity index (χ2v) is 6.39. The molecule has 3 rings (SSSR count). The van der Waals surface area contributed by atoms with Gasteiger partial charge in [0.25, 0.3) is 0 Å². The molecular formula is C18H16N4O4S. The van der Waals surface area contributed by atoms with E-state index in [1.165, 1.54) is 31.8 Å². The van der Waals surface area contributed by atoms with Crippen molar-refractivity contribution in [3.05, 3.63) is 52.5 Å². The highest BCUT2D eigenvalue weighted by molar-refractivity contribution is 7.18. The molecule has 3 aromatic rings. The van der Waals surface area contributed by atoms with Crippen LogP contribution in [0, 0.1) is 18.3 Å². The van der Waals surface area contributed by atoms with Crippen LogP contribution in [-0.4, -0.2) is 34.8 Å². The van der Waals surface area contributed by atoms with Crippen molar-refractivity contribution in [3.63, 3.8) is 0 Å². The number of carbonyl (C=O) groups excluding carboxylic acids is 1. The quantitative estimate of drug-likeness (QED) is 0.366. The largest absolute Gasteiger partial charge is 0.503 e. The average molecular weight is 384 g/mol. The molecule has 0 aliphatic carbocycles. The van der Waals surface area contributed by atoms with E-state index in [1.807, 2.05) is 0 Å². The Kier molecular flexibility index (Phi) is 5.38. The number of fused-ring (bicyclic) bond motifs is 1. The maximum absolute atomic E-state index is 12.2. The highest BCUT2D eigenvalue weighted by atomic mass is 32.1. The molecule has 0 spiro atoms. The highest BCUT2D eigenvalue weighted by Crippen LogP contribution is 2.31. The Hall–Kier alpha value is -3.38. The maximum Gasteiger partial charge on any atom is 0.342 e. The smallest absolute Gasteiger partial charge is 0.342 e. The monoisotopic (exact) mass is 384 g/mol. The van der Waals surface area contributed by atoms with Crippen LogP contribution in [0.1, 0.15) is 22.0 Å². The number of methoxy groups -OCH3 is 2. The molecule has 0 N–H and O–H groups in total. The standard InChI is InChI=1S/C18H16N4O4S/c1-11-20-18-22(21-11)15(10-26-13-6-4-12(8-19)5-7-13)16(27-18)14(9-24-2)17(23)25-3/h4-7,9H,10H2,1-3H3. The van der Waals surface area contributed by atoms with Crippen LogP contribution < -0.4 is 4.74 Å². The third-order valence-electron chi connectivity index (χ3n) is 3.64. The number of ether oxygens (including phenoxy) is 3. The zero-order valence-electron chi connectivity index (χ0n) is 14.9. The van der Waals surface area contributed by atoms with E-state index in [0.717, 1.165) is 0 Å². The van der Waals surface area contributed by atoms with E-state index in [1.54, 1.807) is 35.7 Å². The number of nitriles is 1. The molecule has 2 aromatic heterocycles. The Balaban J connectivity index is 1.99. The van der Waals surface area contributed by atoms with E-state index >= 15 is 0 Å². The molecule has 0 amide bonds. The lowest BCUT2D eigenvalue weighted by atomic mass is 10.2. The Labute approximate surface area is 159 Å². The number of rotatable bonds is 6. The van der Waals surface area contributed by atoms with Crippen LogP contribution in [0.3, 0.4) is 0 Å². The molecule has 8 nitrogen and oxygen atoms in total. The van der Waals surface area contributed by atoms with Gasteiger partial charge in [0.05, 0.1) is 37.0 Å². The van der Waals surface area contributed by atoms with E-state index < -0.39 is 5.97 Å². The number of hydrogen-bond acceptors (Lipinski definition) is 8. The van der Waals surface area contributed by atoms with Crippen LogP contribution in [0.4, 0.5) is 0 Å². The highest BCUT2D eigenvalue weighted by Gasteiger charge is 2.24. The maximum atomic E-state index is 12.2. The van der Waals surface area contributed by atoms with Gasteiger partial charge in [0.2, 0.25) is 4.96 Å². The van der Waals surface area contributed by atoms with Crippen molar-refractivity contribution in [1.29, 1.82) is 5.26 Å². The van der Waals surface area contributed by atoms with Gasteiger partial charge in [0.15, 0.2) is 0 Å². The summed E-state index contributed by atoms with van der Waals surface area (Å²) in [5.74, 6) is 0.673. The van der Waals surface area contributed by atoms with Crippen molar-refractivity contribution in [2.75, 3.05) is 14.2 Å². The van der Waals surface area contributed by atoms with E-state index in [-0.39, 0.29) is 12.2 Å². The van der Waals surface area contributed by atoms with E-state index in [2.05, 4.69) is 16.2 Å². The minimum atomic E-state index is -0.530. The molecule has 0 atom stereocenters. The molecule has 0 unspecified atom stereocenters. The topological polar surface area (TPSA) is 98.7 Å². The van der Waals surface area contributed by atoms with E-state index in [9.17, 15) is 4.79 Å². The van der Waals surface area contributed by atoms with Crippen LogP contribution in [0.25, 0.3) is 10.5 Å². The van der Waals surface area contributed by atoms with Gasteiger partial charge in [-0.1, -0.05) is 11.3 Å². The van der Waals surface area contributed by atoms with Gasteiger partial charge in [-0.15, -0.1) is 0 Å². The van der Waals surface area contributed by atoms with Gasteiger partial charge >= 0.3 is 5.97 Å². The van der Waals surface area contributed by atoms with Crippen molar-refractivity contribution in [1.82, 2.24) is 14.6 Å². The summed E-state index contributed by atoms with van der Waals surface area (Å²) in [6.45, 7) is 1.93. The molecular weight excluding hydrogens is 368 g/mol. The Morgan fingerprint density at radius 1 is 1.33 bits per heavy atom. The number of esters is 1. The lowest BCUT2D eigenvalue weighted by molar-refractivity contribution is -0.133. The molecule has 0 saturated heterocycles. The number of benzene rings is 1. The Bertz CT molecular complexity index is 1040. The summed E-state index contributed by atoms with van der Waals surface area (Å²) in [6, 6.07) is 8.82. The molecule has 2 heterocycles. The first-order valence-corrected chi connectivity index (χ1v) is 8.68. The number of thiazole rings is 1. The third-order valence-corrected chi connectivity index (χ3v) is 4.75. The lowest BCUT2D eigenvalue weighted by Gasteiger charge is -2.09. The second kappa shape index (κ2) is 7.88. The first-order valence-electron chi connectivity index (χ1n) is 7.87. The van der Waals surface area contributed by atoms with Crippen molar-refractivity contribution < 1.29 is 19.0 Å². The molecule has 0 fully saturated rings. The van der Waals surface area contributed by atoms with Gasteiger partial charge < -0.3 is 14.2 Å². The van der Waals surface area contributed by atoms with Gasteiger partial charge in [-0.2, -0.15) is 10.4 Å². The van der Waals surface area contributed by atoms with E-state index in [4.69, 9.17) is 19.5 Å². The average Bonchev–Trinajstić information content (AvgIpc) is 3.20. The van der Waals surface area contributed by atoms with E-state index in [0.29, 0.717) is 32.7 Å². The molecule has 0 aliphatic rings. The summed E-state index contributed by atoms with van der Waals surface area (Å²) in [5, 5.41) is 13.3. The van der Waals surface area contributed by atoms with Crippen molar-refractivity contribution in [3.8, 4) is 11.8 Å². The normalized spacial score (nSPS) is 11.3. The number of hydrogen-bond donors (Lipinski definition) is 0. The Morgan fingerprint density at radius 2 is 2.07 bits per heavy atom. The van der Waals surface area contributed by atoms with Crippen molar-refractivity contribution in [2.45, 2.75) is 13.5 Å². The van der Waals surface area contributed by atoms with Gasteiger partial charge in [0.1, 0.15) is 29.4 Å². The number of nitrogens with zero attached hydrogens (tertiary/aromatic N) is 4. The summed E-state index contributed by atoms with van der Waals surface area (Å²) in [7, 11) is 2.76. The molecule has 0 aliphatic heterocycles. The number of carbonyl (C=O) groups is 1. The van der Waals surface area contributed by atoms with Gasteiger partial charge in [-0.3, -0.25) is 0 Å². The zero-order valence-corrected chi connectivity index (χ0v) is 15.7. The number of aryl methyl sites for hydroxylation is 1. The number of aromatic nitrogens is 3. The molecule has 138 valence electrons. The molecule has 1 aromatic carbocycles. The minimum absolute atomic E-state index is 0.141. The van der Waals surface area contributed by atoms with Crippen LogP contribution in [0.2, 0.25) is 0 Å². The zero-order chi connectivity index (χ0) is 19.4. The summed E-state index contributed by atoms with van der Waals surface area (Å²) >= 11 is 1.29. The predicted octanol–water partition coefficient (Wildman–Crippen LogP) is 2.71. The molecule has 0 radical (unpaired) electrons. The fraction of sp³-hybridized carbons (Fsp3) is 0.222. The molecule has 0 saturated carbocycles.